The van der Waals surface area contributed by atoms with E-state index in [1.54, 1.807) is 31.6 Å². The third-order valence-corrected chi connectivity index (χ3v) is 4.79. The zero-order valence-corrected chi connectivity index (χ0v) is 19.2. The van der Waals surface area contributed by atoms with Gasteiger partial charge < -0.3 is 0 Å². The fraction of sp³-hybridized carbons (Fsp3) is 0.381. The Hall–Kier alpha value is -1.50. The van der Waals surface area contributed by atoms with Crippen molar-refractivity contribution in [1.82, 2.24) is 19.8 Å². The number of halogens is 3. The summed E-state index contributed by atoms with van der Waals surface area (Å²) in [5.41, 5.74) is 2.77. The molecule has 0 saturated carbocycles. The van der Waals surface area contributed by atoms with Crippen LogP contribution in [0.15, 0.2) is 52.8 Å². The molecule has 0 aromatic carbocycles. The minimum atomic E-state index is 0.665. The van der Waals surface area contributed by atoms with Crippen LogP contribution < -0.4 is 0 Å². The molecule has 0 aliphatic carbocycles. The van der Waals surface area contributed by atoms with Crippen molar-refractivity contribution >= 4 is 40.5 Å². The number of hydrogen-bond acceptors (Lipinski definition) is 5. The minimum absolute atomic E-state index is 0.665. The number of likely N-dealkylation sites (N-methyl/N-ethyl adjacent to an activating group) is 1. The fourth-order valence-corrected chi connectivity index (χ4v) is 3.31. The zero-order chi connectivity index (χ0) is 21.2. The Morgan fingerprint density at radius 3 is 2.14 bits per heavy atom. The minimum Gasteiger partial charge on any atom is -0.299 e. The molecule has 0 fully saturated rings. The van der Waals surface area contributed by atoms with Gasteiger partial charge in [0.1, 0.15) is 0 Å². The molecule has 29 heavy (non-hydrogen) atoms. The molecule has 0 radical (unpaired) electrons. The first-order valence-electron chi connectivity index (χ1n) is 9.27. The van der Waals surface area contributed by atoms with E-state index in [1.165, 1.54) is 0 Å². The van der Waals surface area contributed by atoms with Gasteiger partial charge in [-0.1, -0.05) is 34.8 Å². The van der Waals surface area contributed by atoms with E-state index in [1.807, 2.05) is 25.1 Å². The summed E-state index contributed by atoms with van der Waals surface area (Å²) < 4.78 is 0. The summed E-state index contributed by atoms with van der Waals surface area (Å²) in [7, 11) is 3.84. The maximum Gasteiger partial charge on any atom is 0.0558 e. The van der Waals surface area contributed by atoms with Crippen molar-refractivity contribution in [2.24, 2.45) is 4.99 Å². The van der Waals surface area contributed by atoms with Gasteiger partial charge in [0.15, 0.2) is 0 Å². The third-order valence-electron chi connectivity index (χ3n) is 4.21. The molecule has 5 nitrogen and oxygen atoms in total. The first-order chi connectivity index (χ1) is 13.9. The van der Waals surface area contributed by atoms with Crippen LogP contribution >= 0.6 is 34.8 Å². The third kappa shape index (κ3) is 9.24. The molecular formula is C21H26Cl3N5. The van der Waals surface area contributed by atoms with Crippen LogP contribution in [0.2, 0.25) is 10.0 Å². The predicted molar refractivity (Wildman–Crippen MR) is 123 cm³/mol. The van der Waals surface area contributed by atoms with Crippen LogP contribution in [0.5, 0.6) is 0 Å². The van der Waals surface area contributed by atoms with Crippen molar-refractivity contribution in [3.63, 3.8) is 0 Å². The van der Waals surface area contributed by atoms with Crippen molar-refractivity contribution in [2.75, 3.05) is 33.7 Å². The topological polar surface area (TPSA) is 44.6 Å². The molecular weight excluding hydrogens is 429 g/mol. The molecule has 0 bridgehead atoms. The van der Waals surface area contributed by atoms with Gasteiger partial charge in [0, 0.05) is 73.0 Å². The van der Waals surface area contributed by atoms with Gasteiger partial charge in [-0.05, 0) is 44.3 Å². The highest BCUT2D eigenvalue weighted by Crippen LogP contribution is 2.12. The molecule has 0 spiro atoms. The molecule has 0 amide bonds. The SMILES string of the molecule is CN=C(/C=C(\C)Cl)CN(CCN(C)Cc1cc(Cl)ccn1)Cc1cc(Cl)ccn1. The van der Waals surface area contributed by atoms with Gasteiger partial charge >= 0.3 is 0 Å². The summed E-state index contributed by atoms with van der Waals surface area (Å²) in [4.78, 5) is 17.7. The highest BCUT2D eigenvalue weighted by Gasteiger charge is 2.12. The van der Waals surface area contributed by atoms with E-state index < -0.39 is 0 Å². The number of allylic oxidation sites excluding steroid dienone is 1. The molecule has 0 unspecified atom stereocenters. The molecule has 8 heteroatoms. The standard InChI is InChI=1S/C21H26Cl3N5/c1-16(22)10-19(25-2)14-29(15-21-12-18(24)5-7-27-21)9-8-28(3)13-20-11-17(23)4-6-26-20/h4-7,10-12H,8-9,13-15H2,1-3H3/b16-10+,25-19?. The van der Waals surface area contributed by atoms with Crippen LogP contribution in [-0.4, -0.2) is 59.2 Å². The summed E-state index contributed by atoms with van der Waals surface area (Å²) in [5.74, 6) is 0. The number of hydrogen-bond donors (Lipinski definition) is 0. The molecule has 2 rings (SSSR count). The molecule has 0 aliphatic heterocycles. The summed E-state index contributed by atoms with van der Waals surface area (Å²) in [6.45, 7) is 5.56. The quantitative estimate of drug-likeness (QED) is 0.477. The van der Waals surface area contributed by atoms with Crippen LogP contribution in [-0.2, 0) is 13.1 Å². The second-order valence-corrected chi connectivity index (χ2v) is 8.29. The van der Waals surface area contributed by atoms with Crippen LogP contribution in [0.4, 0.5) is 0 Å². The Balaban J connectivity index is 2.04. The molecule has 0 N–H and O–H groups in total. The summed E-state index contributed by atoms with van der Waals surface area (Å²) in [6.07, 6.45) is 5.34. The Labute approximate surface area is 188 Å². The number of nitrogens with zero attached hydrogens (tertiary/aromatic N) is 5. The molecule has 2 aromatic rings. The van der Waals surface area contributed by atoms with Gasteiger partial charge in [-0.2, -0.15) is 0 Å². The van der Waals surface area contributed by atoms with Gasteiger partial charge in [-0.3, -0.25) is 24.8 Å². The van der Waals surface area contributed by atoms with Gasteiger partial charge in [0.05, 0.1) is 11.4 Å². The van der Waals surface area contributed by atoms with Crippen LogP contribution in [0.3, 0.4) is 0 Å². The lowest BCUT2D eigenvalue weighted by Crippen LogP contribution is -2.36. The van der Waals surface area contributed by atoms with Crippen molar-refractivity contribution in [2.45, 2.75) is 20.0 Å². The molecule has 0 aliphatic rings. The van der Waals surface area contributed by atoms with Crippen LogP contribution in [0.1, 0.15) is 18.3 Å². The molecule has 0 atom stereocenters. The Bertz CT molecular complexity index is 850. The lowest BCUT2D eigenvalue weighted by molar-refractivity contribution is 0.232. The number of aliphatic imine (C=N–C) groups is 1. The molecule has 156 valence electrons. The highest BCUT2D eigenvalue weighted by atomic mass is 35.5. The monoisotopic (exact) mass is 453 g/mol. The number of pyridine rings is 2. The largest absolute Gasteiger partial charge is 0.299 e. The highest BCUT2D eigenvalue weighted by molar-refractivity contribution is 6.31. The maximum atomic E-state index is 6.13. The fourth-order valence-electron chi connectivity index (χ4n) is 2.82. The van der Waals surface area contributed by atoms with Crippen molar-refractivity contribution < 1.29 is 0 Å². The van der Waals surface area contributed by atoms with Crippen molar-refractivity contribution in [1.29, 1.82) is 0 Å². The van der Waals surface area contributed by atoms with E-state index in [4.69, 9.17) is 34.8 Å². The Morgan fingerprint density at radius 1 is 1.03 bits per heavy atom. The summed E-state index contributed by atoms with van der Waals surface area (Å²) in [6, 6.07) is 7.34. The summed E-state index contributed by atoms with van der Waals surface area (Å²) >= 11 is 18.2. The number of rotatable bonds is 10. The van der Waals surface area contributed by atoms with Gasteiger partial charge in [-0.25, -0.2) is 0 Å². The Morgan fingerprint density at radius 2 is 1.62 bits per heavy atom. The van der Waals surface area contributed by atoms with Crippen molar-refractivity contribution in [3.8, 4) is 0 Å². The van der Waals surface area contributed by atoms with E-state index in [0.717, 1.165) is 36.7 Å². The smallest absolute Gasteiger partial charge is 0.0558 e. The lowest BCUT2D eigenvalue weighted by Gasteiger charge is -2.25. The van der Waals surface area contributed by atoms with E-state index >= 15 is 0 Å². The van der Waals surface area contributed by atoms with Crippen LogP contribution in [0.25, 0.3) is 0 Å². The van der Waals surface area contributed by atoms with E-state index in [0.29, 0.717) is 28.2 Å². The second kappa shape index (κ2) is 12.3. The Kier molecular flexibility index (Phi) is 10.0. The predicted octanol–water partition coefficient (Wildman–Crippen LogP) is 4.93. The average molecular weight is 455 g/mol. The molecule has 0 saturated heterocycles. The lowest BCUT2D eigenvalue weighted by atomic mass is 10.2. The second-order valence-electron chi connectivity index (χ2n) is 6.83. The van der Waals surface area contributed by atoms with Gasteiger partial charge in [-0.15, -0.1) is 0 Å². The van der Waals surface area contributed by atoms with Gasteiger partial charge in [0.2, 0.25) is 0 Å². The van der Waals surface area contributed by atoms with E-state index in [9.17, 15) is 0 Å². The number of aromatic nitrogens is 2. The van der Waals surface area contributed by atoms with Crippen molar-refractivity contribution in [3.05, 3.63) is 69.2 Å². The van der Waals surface area contributed by atoms with Gasteiger partial charge in [0.25, 0.3) is 0 Å². The maximum absolute atomic E-state index is 6.13. The van der Waals surface area contributed by atoms with E-state index in [-0.39, 0.29) is 0 Å². The van der Waals surface area contributed by atoms with Crippen LogP contribution in [0, 0.1) is 0 Å². The first kappa shape index (κ1) is 23.8. The van der Waals surface area contributed by atoms with E-state index in [2.05, 4.69) is 31.8 Å². The zero-order valence-electron chi connectivity index (χ0n) is 16.9. The normalized spacial score (nSPS) is 12.8. The molecule has 2 heterocycles. The average Bonchev–Trinajstić information content (AvgIpc) is 2.65. The molecule has 2 aromatic heterocycles. The summed E-state index contributed by atoms with van der Waals surface area (Å²) in [5, 5.41) is 2.08. The first-order valence-corrected chi connectivity index (χ1v) is 10.4.